The third kappa shape index (κ3) is 3.91. The fourth-order valence-electron chi connectivity index (χ4n) is 4.34. The maximum absolute atomic E-state index is 15.2. The molecule has 1 amide bonds. The van der Waals surface area contributed by atoms with E-state index in [0.717, 1.165) is 25.5 Å². The van der Waals surface area contributed by atoms with Crippen molar-refractivity contribution < 1.29 is 32.0 Å². The molecule has 0 aliphatic carbocycles. The SMILES string of the molecule is Cc1[nH]c2c(C(=O)NOC(=O)C(F)(F)F)cc(F)c(N3CC4CCCNC4C3)c2c1Cl. The summed E-state index contributed by atoms with van der Waals surface area (Å²) in [6, 6.07) is 1.11. The number of aromatic nitrogens is 1. The Hall–Kier alpha value is -2.53. The lowest BCUT2D eigenvalue weighted by atomic mass is 9.94. The maximum Gasteiger partial charge on any atom is 0.493 e. The molecule has 168 valence electrons. The Morgan fingerprint density at radius 2 is 2.06 bits per heavy atom. The van der Waals surface area contributed by atoms with Crippen molar-refractivity contribution >= 4 is 40.1 Å². The normalized spacial score (nSPS) is 21.3. The standard InChI is InChI=1S/C19H19ClF4N4O3/c1-8-14(20)13-15(26-8)10(17(29)27-31-18(30)19(22,23)24)5-11(21)16(13)28-6-9-3-2-4-25-12(9)7-28/h5,9,12,25-26H,2-4,6-7H2,1H3,(H,27,29). The zero-order chi connectivity index (χ0) is 22.5. The molecule has 4 rings (SSSR count). The van der Waals surface area contributed by atoms with Crippen LogP contribution in [0, 0.1) is 18.7 Å². The Labute approximate surface area is 179 Å². The fraction of sp³-hybridized carbons (Fsp3) is 0.474. The van der Waals surface area contributed by atoms with E-state index in [1.807, 2.05) is 4.90 Å². The van der Waals surface area contributed by atoms with Crippen molar-refractivity contribution in [2.45, 2.75) is 32.0 Å². The number of nitrogens with zero attached hydrogens (tertiary/aromatic N) is 1. The second-order valence-electron chi connectivity index (χ2n) is 7.75. The fourth-order valence-corrected chi connectivity index (χ4v) is 4.57. The van der Waals surface area contributed by atoms with Crippen LogP contribution in [0.5, 0.6) is 0 Å². The highest BCUT2D eigenvalue weighted by molar-refractivity contribution is 6.38. The molecule has 2 aromatic rings. The molecule has 2 saturated heterocycles. The van der Waals surface area contributed by atoms with E-state index in [1.54, 1.807) is 6.92 Å². The average molecular weight is 463 g/mol. The lowest BCUT2D eigenvalue weighted by Crippen LogP contribution is -2.40. The van der Waals surface area contributed by atoms with Crippen LogP contribution < -0.4 is 15.7 Å². The summed E-state index contributed by atoms with van der Waals surface area (Å²) < 4.78 is 52.2. The van der Waals surface area contributed by atoms with Crippen LogP contribution in [0.4, 0.5) is 23.2 Å². The number of aromatic amines is 1. The molecule has 12 heteroatoms. The highest BCUT2D eigenvalue weighted by atomic mass is 35.5. The molecule has 7 nitrogen and oxygen atoms in total. The molecule has 0 saturated carbocycles. The summed E-state index contributed by atoms with van der Waals surface area (Å²) in [6.45, 7) is 3.69. The van der Waals surface area contributed by atoms with Gasteiger partial charge in [-0.1, -0.05) is 11.6 Å². The van der Waals surface area contributed by atoms with Crippen LogP contribution in [-0.4, -0.2) is 48.7 Å². The molecule has 0 radical (unpaired) electrons. The molecule has 2 fully saturated rings. The van der Waals surface area contributed by atoms with Crippen LogP contribution in [0.15, 0.2) is 6.07 Å². The van der Waals surface area contributed by atoms with Gasteiger partial charge in [-0.15, -0.1) is 0 Å². The zero-order valence-electron chi connectivity index (χ0n) is 16.3. The number of hydroxylamine groups is 1. The van der Waals surface area contributed by atoms with Crippen LogP contribution >= 0.6 is 11.6 Å². The zero-order valence-corrected chi connectivity index (χ0v) is 17.1. The van der Waals surface area contributed by atoms with E-state index in [0.29, 0.717) is 24.7 Å². The Morgan fingerprint density at radius 1 is 1.32 bits per heavy atom. The number of aryl methyl sites for hydroxylation is 1. The summed E-state index contributed by atoms with van der Waals surface area (Å²) in [7, 11) is 0. The molecule has 0 bridgehead atoms. The second kappa shape index (κ2) is 7.86. The predicted molar refractivity (Wildman–Crippen MR) is 104 cm³/mol. The summed E-state index contributed by atoms with van der Waals surface area (Å²) in [4.78, 5) is 31.8. The van der Waals surface area contributed by atoms with E-state index in [1.165, 1.54) is 5.48 Å². The van der Waals surface area contributed by atoms with Crippen molar-refractivity contribution in [1.82, 2.24) is 15.8 Å². The molecular weight excluding hydrogens is 444 g/mol. The number of amides is 1. The van der Waals surface area contributed by atoms with Crippen molar-refractivity contribution in [3.63, 3.8) is 0 Å². The lowest BCUT2D eigenvalue weighted by molar-refractivity contribution is -0.204. The van der Waals surface area contributed by atoms with Crippen molar-refractivity contribution in [3.8, 4) is 0 Å². The van der Waals surface area contributed by atoms with Crippen LogP contribution in [0.3, 0.4) is 0 Å². The number of anilines is 1. The Balaban J connectivity index is 1.70. The number of rotatable bonds is 2. The number of piperidine rings is 1. The van der Waals surface area contributed by atoms with Gasteiger partial charge in [0.25, 0.3) is 5.91 Å². The molecule has 2 aliphatic rings. The van der Waals surface area contributed by atoms with E-state index in [9.17, 15) is 22.8 Å². The van der Waals surface area contributed by atoms with Gasteiger partial charge in [-0.05, 0) is 38.3 Å². The van der Waals surface area contributed by atoms with Gasteiger partial charge in [0.05, 0.1) is 21.8 Å². The topological polar surface area (TPSA) is 86.5 Å². The minimum absolute atomic E-state index is 0.141. The molecular formula is C19H19ClF4N4O3. The summed E-state index contributed by atoms with van der Waals surface area (Å²) in [6.07, 6.45) is -3.23. The van der Waals surface area contributed by atoms with E-state index >= 15 is 4.39 Å². The van der Waals surface area contributed by atoms with E-state index in [4.69, 9.17) is 11.6 Å². The number of nitrogens with one attached hydrogen (secondary N) is 3. The Morgan fingerprint density at radius 3 is 2.74 bits per heavy atom. The van der Waals surface area contributed by atoms with Gasteiger partial charge < -0.3 is 20.0 Å². The summed E-state index contributed by atoms with van der Waals surface area (Å²) in [5.74, 6) is -4.21. The molecule has 2 atom stereocenters. The van der Waals surface area contributed by atoms with Crippen LogP contribution in [0.1, 0.15) is 28.9 Å². The number of halogens is 5. The number of hydrogen-bond acceptors (Lipinski definition) is 5. The smallest absolute Gasteiger partial charge is 0.367 e. The molecule has 31 heavy (non-hydrogen) atoms. The highest BCUT2D eigenvalue weighted by Crippen LogP contribution is 2.41. The van der Waals surface area contributed by atoms with Crippen LogP contribution in [-0.2, 0) is 9.63 Å². The number of carbonyl (C=O) groups is 2. The minimum atomic E-state index is -5.29. The highest BCUT2D eigenvalue weighted by Gasteiger charge is 2.42. The quantitative estimate of drug-likeness (QED) is 0.471. The molecule has 1 aromatic heterocycles. The first-order chi connectivity index (χ1) is 14.6. The molecule has 2 aliphatic heterocycles. The number of alkyl halides is 3. The third-order valence-corrected chi connectivity index (χ3v) is 6.22. The lowest BCUT2D eigenvalue weighted by Gasteiger charge is -2.24. The van der Waals surface area contributed by atoms with E-state index in [-0.39, 0.29) is 33.2 Å². The molecule has 1 aromatic carbocycles. The molecule has 0 spiro atoms. The molecule has 2 unspecified atom stereocenters. The van der Waals surface area contributed by atoms with E-state index in [2.05, 4.69) is 15.1 Å². The van der Waals surface area contributed by atoms with Crippen LogP contribution in [0.2, 0.25) is 5.02 Å². The summed E-state index contributed by atoms with van der Waals surface area (Å²) >= 11 is 6.41. The second-order valence-corrected chi connectivity index (χ2v) is 8.13. The predicted octanol–water partition coefficient (Wildman–Crippen LogP) is 3.21. The number of H-pyrrole nitrogens is 1. The summed E-state index contributed by atoms with van der Waals surface area (Å²) in [5, 5.41) is 3.89. The van der Waals surface area contributed by atoms with Gasteiger partial charge in [0.15, 0.2) is 0 Å². The van der Waals surface area contributed by atoms with Gasteiger partial charge >= 0.3 is 12.1 Å². The Kier molecular flexibility index (Phi) is 5.50. The monoisotopic (exact) mass is 462 g/mol. The number of benzene rings is 1. The maximum atomic E-state index is 15.2. The van der Waals surface area contributed by atoms with Gasteiger partial charge in [0.1, 0.15) is 5.82 Å². The Bertz CT molecular complexity index is 1040. The number of fused-ring (bicyclic) bond motifs is 2. The van der Waals surface area contributed by atoms with Crippen LogP contribution in [0.25, 0.3) is 10.9 Å². The van der Waals surface area contributed by atoms with Gasteiger partial charge in [0.2, 0.25) is 0 Å². The van der Waals surface area contributed by atoms with Crippen molar-refractivity contribution in [3.05, 3.63) is 28.2 Å². The first-order valence-corrected chi connectivity index (χ1v) is 10.0. The average Bonchev–Trinajstić information content (AvgIpc) is 3.26. The first kappa shape index (κ1) is 21.7. The van der Waals surface area contributed by atoms with Crippen molar-refractivity contribution in [2.24, 2.45) is 5.92 Å². The van der Waals surface area contributed by atoms with Gasteiger partial charge in [-0.3, -0.25) is 4.79 Å². The third-order valence-electron chi connectivity index (χ3n) is 5.74. The van der Waals surface area contributed by atoms with Gasteiger partial charge in [0, 0.05) is 30.2 Å². The molecule has 3 heterocycles. The largest absolute Gasteiger partial charge is 0.493 e. The minimum Gasteiger partial charge on any atom is -0.367 e. The number of carbonyl (C=O) groups excluding carboxylic acids is 2. The van der Waals surface area contributed by atoms with E-state index < -0.39 is 23.9 Å². The number of hydrogen-bond donors (Lipinski definition) is 3. The van der Waals surface area contributed by atoms with Gasteiger partial charge in [-0.2, -0.15) is 18.7 Å². The van der Waals surface area contributed by atoms with Crippen molar-refractivity contribution in [1.29, 1.82) is 0 Å². The van der Waals surface area contributed by atoms with Gasteiger partial charge in [-0.25, -0.2) is 9.18 Å². The van der Waals surface area contributed by atoms with Crippen molar-refractivity contribution in [2.75, 3.05) is 24.5 Å². The first-order valence-electron chi connectivity index (χ1n) is 9.65. The molecule has 3 N–H and O–H groups in total. The summed E-state index contributed by atoms with van der Waals surface area (Å²) in [5.41, 5.74) is 1.91.